The van der Waals surface area contributed by atoms with Gasteiger partial charge in [0.1, 0.15) is 5.75 Å². The maximum absolute atomic E-state index is 12.8. The van der Waals surface area contributed by atoms with Gasteiger partial charge in [-0.15, -0.1) is 0 Å². The first kappa shape index (κ1) is 21.1. The summed E-state index contributed by atoms with van der Waals surface area (Å²) in [5, 5.41) is 5.75. The second-order valence-electron chi connectivity index (χ2n) is 6.90. The number of anilines is 1. The van der Waals surface area contributed by atoms with Gasteiger partial charge in [-0.05, 0) is 42.3 Å². The molecule has 0 atom stereocenters. The van der Waals surface area contributed by atoms with Crippen LogP contribution in [0.25, 0.3) is 0 Å². The zero-order valence-corrected chi connectivity index (χ0v) is 17.1. The topological polar surface area (TPSA) is 67.4 Å². The van der Waals surface area contributed by atoms with Crippen LogP contribution < -0.4 is 15.4 Å². The summed E-state index contributed by atoms with van der Waals surface area (Å²) in [7, 11) is 0. The van der Waals surface area contributed by atoms with Crippen LogP contribution >= 0.6 is 0 Å². The highest BCUT2D eigenvalue weighted by Gasteiger charge is 2.13. The molecule has 0 aliphatic heterocycles. The number of carbonyl (C=O) groups is 2. The Kier molecular flexibility index (Phi) is 7.61. The fourth-order valence-electron chi connectivity index (χ4n) is 2.92. The van der Waals surface area contributed by atoms with E-state index in [1.54, 1.807) is 42.5 Å². The normalized spacial score (nSPS) is 10.3. The molecule has 3 aromatic rings. The third-order valence-electron chi connectivity index (χ3n) is 4.57. The van der Waals surface area contributed by atoms with E-state index in [0.29, 0.717) is 35.7 Å². The fraction of sp³-hybridized carbons (Fsp3) is 0.200. The Balaban J connectivity index is 1.65. The zero-order valence-electron chi connectivity index (χ0n) is 17.1. The van der Waals surface area contributed by atoms with Crippen LogP contribution in [0.4, 0.5) is 5.69 Å². The number of benzene rings is 3. The summed E-state index contributed by atoms with van der Waals surface area (Å²) in [4.78, 5) is 25.3. The SMILES string of the molecule is CCCCOc1ccccc1C(=O)Nc1cccc(C(=O)NCc2ccccc2)c1. The largest absolute Gasteiger partial charge is 0.493 e. The molecule has 5 nitrogen and oxygen atoms in total. The lowest BCUT2D eigenvalue weighted by atomic mass is 10.1. The number of para-hydroxylation sites is 1. The molecule has 30 heavy (non-hydrogen) atoms. The van der Waals surface area contributed by atoms with Crippen molar-refractivity contribution in [3.8, 4) is 5.75 Å². The molecular weight excluding hydrogens is 376 g/mol. The van der Waals surface area contributed by atoms with Gasteiger partial charge in [0.2, 0.25) is 0 Å². The Bertz CT molecular complexity index is 986. The summed E-state index contributed by atoms with van der Waals surface area (Å²) in [5.74, 6) is 0.0856. The molecule has 0 bridgehead atoms. The average molecular weight is 402 g/mol. The summed E-state index contributed by atoms with van der Waals surface area (Å²) >= 11 is 0. The maximum Gasteiger partial charge on any atom is 0.259 e. The van der Waals surface area contributed by atoms with E-state index >= 15 is 0 Å². The van der Waals surface area contributed by atoms with Crippen LogP contribution in [0.2, 0.25) is 0 Å². The van der Waals surface area contributed by atoms with E-state index in [1.165, 1.54) is 0 Å². The van der Waals surface area contributed by atoms with E-state index in [1.807, 2.05) is 36.4 Å². The van der Waals surface area contributed by atoms with Gasteiger partial charge in [0.25, 0.3) is 11.8 Å². The molecule has 2 N–H and O–H groups in total. The fourth-order valence-corrected chi connectivity index (χ4v) is 2.92. The molecule has 0 aliphatic carbocycles. The lowest BCUT2D eigenvalue weighted by Gasteiger charge is -2.12. The third kappa shape index (κ3) is 5.95. The van der Waals surface area contributed by atoms with Crippen molar-refractivity contribution in [3.05, 3.63) is 95.6 Å². The lowest BCUT2D eigenvalue weighted by Crippen LogP contribution is -2.23. The van der Waals surface area contributed by atoms with Gasteiger partial charge in [0, 0.05) is 17.8 Å². The third-order valence-corrected chi connectivity index (χ3v) is 4.57. The molecular formula is C25H26N2O3. The summed E-state index contributed by atoms with van der Waals surface area (Å²) in [5.41, 5.74) is 2.52. The van der Waals surface area contributed by atoms with Crippen molar-refractivity contribution in [2.24, 2.45) is 0 Å². The molecule has 0 saturated heterocycles. The van der Waals surface area contributed by atoms with Crippen molar-refractivity contribution in [3.63, 3.8) is 0 Å². The van der Waals surface area contributed by atoms with E-state index in [9.17, 15) is 9.59 Å². The number of amides is 2. The minimum atomic E-state index is -0.274. The van der Waals surface area contributed by atoms with Crippen molar-refractivity contribution in [1.82, 2.24) is 5.32 Å². The molecule has 0 unspecified atom stereocenters. The van der Waals surface area contributed by atoms with Gasteiger partial charge in [-0.1, -0.05) is 61.9 Å². The number of nitrogens with one attached hydrogen (secondary N) is 2. The smallest absolute Gasteiger partial charge is 0.259 e. The van der Waals surface area contributed by atoms with Gasteiger partial charge in [-0.3, -0.25) is 9.59 Å². The second-order valence-corrected chi connectivity index (χ2v) is 6.90. The lowest BCUT2D eigenvalue weighted by molar-refractivity contribution is 0.0949. The maximum atomic E-state index is 12.8. The van der Waals surface area contributed by atoms with E-state index in [4.69, 9.17) is 4.74 Å². The van der Waals surface area contributed by atoms with E-state index < -0.39 is 0 Å². The van der Waals surface area contributed by atoms with Gasteiger partial charge in [0.05, 0.1) is 12.2 Å². The Hall–Kier alpha value is -3.60. The molecule has 0 aliphatic rings. The van der Waals surface area contributed by atoms with Gasteiger partial charge < -0.3 is 15.4 Å². The van der Waals surface area contributed by atoms with Crippen LogP contribution in [-0.2, 0) is 6.54 Å². The first-order chi connectivity index (χ1) is 14.7. The van der Waals surface area contributed by atoms with E-state index in [0.717, 1.165) is 18.4 Å². The minimum Gasteiger partial charge on any atom is -0.493 e. The highest BCUT2D eigenvalue weighted by molar-refractivity contribution is 6.06. The highest BCUT2D eigenvalue weighted by Crippen LogP contribution is 2.20. The molecule has 0 fully saturated rings. The van der Waals surface area contributed by atoms with Crippen LogP contribution in [0.3, 0.4) is 0 Å². The Labute approximate surface area is 177 Å². The van der Waals surface area contributed by atoms with Crippen molar-refractivity contribution >= 4 is 17.5 Å². The van der Waals surface area contributed by atoms with Crippen LogP contribution in [0, 0.1) is 0 Å². The molecule has 2 amide bonds. The number of hydrogen-bond acceptors (Lipinski definition) is 3. The summed E-state index contributed by atoms with van der Waals surface area (Å²) in [6, 6.07) is 23.8. The van der Waals surface area contributed by atoms with E-state index in [2.05, 4.69) is 17.6 Å². The van der Waals surface area contributed by atoms with Crippen LogP contribution in [0.5, 0.6) is 5.75 Å². The summed E-state index contributed by atoms with van der Waals surface area (Å²) in [6.07, 6.45) is 1.95. The molecule has 0 heterocycles. The minimum absolute atomic E-state index is 0.196. The molecule has 0 spiro atoms. The summed E-state index contributed by atoms with van der Waals surface area (Å²) in [6.45, 7) is 3.10. The van der Waals surface area contributed by atoms with Gasteiger partial charge in [-0.2, -0.15) is 0 Å². The average Bonchev–Trinajstić information content (AvgIpc) is 2.79. The highest BCUT2D eigenvalue weighted by atomic mass is 16.5. The molecule has 3 aromatic carbocycles. The van der Waals surface area contributed by atoms with Crippen LogP contribution in [-0.4, -0.2) is 18.4 Å². The number of hydrogen-bond donors (Lipinski definition) is 2. The predicted molar refractivity (Wildman–Crippen MR) is 119 cm³/mol. The molecule has 0 radical (unpaired) electrons. The molecule has 5 heteroatoms. The van der Waals surface area contributed by atoms with Gasteiger partial charge in [0.15, 0.2) is 0 Å². The van der Waals surface area contributed by atoms with Crippen molar-refractivity contribution < 1.29 is 14.3 Å². The first-order valence-electron chi connectivity index (χ1n) is 10.1. The van der Waals surface area contributed by atoms with Gasteiger partial charge >= 0.3 is 0 Å². The number of ether oxygens (including phenoxy) is 1. The van der Waals surface area contributed by atoms with Crippen molar-refractivity contribution in [2.45, 2.75) is 26.3 Å². The number of unbranched alkanes of at least 4 members (excludes halogenated alkanes) is 1. The zero-order chi connectivity index (χ0) is 21.2. The second kappa shape index (κ2) is 10.8. The summed E-state index contributed by atoms with van der Waals surface area (Å²) < 4.78 is 5.75. The van der Waals surface area contributed by atoms with Crippen molar-refractivity contribution in [2.75, 3.05) is 11.9 Å². The Morgan fingerprint density at radius 3 is 2.43 bits per heavy atom. The van der Waals surface area contributed by atoms with E-state index in [-0.39, 0.29) is 11.8 Å². The molecule has 154 valence electrons. The predicted octanol–water partition coefficient (Wildman–Crippen LogP) is 5.05. The Morgan fingerprint density at radius 1 is 0.867 bits per heavy atom. The molecule has 3 rings (SSSR count). The quantitative estimate of drug-likeness (QED) is 0.492. The van der Waals surface area contributed by atoms with Crippen LogP contribution in [0.1, 0.15) is 46.0 Å². The standard InChI is InChI=1S/C25H26N2O3/c1-2-3-16-30-23-15-8-7-14-22(23)25(29)27-21-13-9-12-20(17-21)24(28)26-18-19-10-5-4-6-11-19/h4-15,17H,2-3,16,18H2,1H3,(H,26,28)(H,27,29). The van der Waals surface area contributed by atoms with Crippen LogP contribution in [0.15, 0.2) is 78.9 Å². The Morgan fingerprint density at radius 2 is 1.63 bits per heavy atom. The molecule has 0 saturated carbocycles. The first-order valence-corrected chi connectivity index (χ1v) is 10.1. The number of rotatable bonds is 9. The molecule has 0 aromatic heterocycles. The monoisotopic (exact) mass is 402 g/mol. The van der Waals surface area contributed by atoms with Gasteiger partial charge in [-0.25, -0.2) is 0 Å². The van der Waals surface area contributed by atoms with Crippen molar-refractivity contribution in [1.29, 1.82) is 0 Å². The number of carbonyl (C=O) groups excluding carboxylic acids is 2.